The molecule has 0 aliphatic heterocycles. The Hall–Kier alpha value is -3.08. The van der Waals surface area contributed by atoms with E-state index < -0.39 is 60.5 Å². The SMILES string of the molecule is O=[N+]([O-])c1nccn1CCC(CO)(CO)CF.O=[N+]([O-])c1nccn1CCC(CO)(CO)CF. The molecule has 0 bridgehead atoms. The molecule has 0 saturated heterocycles. The van der Waals surface area contributed by atoms with E-state index in [2.05, 4.69) is 9.97 Å². The van der Waals surface area contributed by atoms with Crippen molar-refractivity contribution < 1.29 is 39.1 Å². The van der Waals surface area contributed by atoms with Crippen LogP contribution in [-0.2, 0) is 13.1 Å². The van der Waals surface area contributed by atoms with E-state index in [1.807, 2.05) is 0 Å². The molecule has 16 heteroatoms. The lowest BCUT2D eigenvalue weighted by Gasteiger charge is -2.25. The van der Waals surface area contributed by atoms with Gasteiger partial charge in [-0.15, -0.1) is 0 Å². The van der Waals surface area contributed by atoms with E-state index >= 15 is 0 Å². The Morgan fingerprint density at radius 3 is 1.32 bits per heavy atom. The zero-order valence-electron chi connectivity index (χ0n) is 18.2. The number of alkyl halides is 2. The third-order valence-corrected chi connectivity index (χ3v) is 5.39. The highest BCUT2D eigenvalue weighted by molar-refractivity contribution is 5.07. The summed E-state index contributed by atoms with van der Waals surface area (Å²) in [7, 11) is 0. The normalized spacial score (nSPS) is 11.7. The Bertz CT molecular complexity index is 812. The van der Waals surface area contributed by atoms with Crippen molar-refractivity contribution in [3.63, 3.8) is 0 Å². The number of aryl methyl sites for hydroxylation is 2. The van der Waals surface area contributed by atoms with Gasteiger partial charge in [0.05, 0.1) is 52.9 Å². The number of nitro groups is 2. The van der Waals surface area contributed by atoms with Crippen LogP contribution in [0.15, 0.2) is 24.8 Å². The van der Waals surface area contributed by atoms with E-state index in [0.29, 0.717) is 0 Å². The summed E-state index contributed by atoms with van der Waals surface area (Å²) in [6, 6.07) is 0. The molecule has 0 fully saturated rings. The lowest BCUT2D eigenvalue weighted by atomic mass is 9.88. The summed E-state index contributed by atoms with van der Waals surface area (Å²) in [5.41, 5.74) is -2.50. The summed E-state index contributed by atoms with van der Waals surface area (Å²) in [4.78, 5) is 26.9. The number of halogens is 2. The maximum Gasteiger partial charge on any atom is 0.434 e. The number of hydrogen-bond acceptors (Lipinski definition) is 10. The summed E-state index contributed by atoms with van der Waals surface area (Å²) in [6.07, 6.45) is 5.52. The van der Waals surface area contributed by atoms with Gasteiger partial charge in [0.1, 0.15) is 24.8 Å². The van der Waals surface area contributed by atoms with Gasteiger partial charge in [0.25, 0.3) is 0 Å². The number of aromatic nitrogens is 4. The molecule has 192 valence electrons. The standard InChI is InChI=1S/2C9H14FN3O4/c2*10-5-9(6-14,7-15)1-3-12-4-2-11-8(12)13(16)17/h2*2,4,14-15H,1,3,5-7H2. The quantitative estimate of drug-likeness (QED) is 0.208. The lowest BCUT2D eigenvalue weighted by molar-refractivity contribution is -0.397. The van der Waals surface area contributed by atoms with E-state index in [4.69, 9.17) is 20.4 Å². The van der Waals surface area contributed by atoms with Gasteiger partial charge in [-0.2, -0.15) is 0 Å². The van der Waals surface area contributed by atoms with Gasteiger partial charge in [-0.1, -0.05) is 9.97 Å². The Balaban J connectivity index is 0.000000340. The molecule has 14 nitrogen and oxygen atoms in total. The van der Waals surface area contributed by atoms with Crippen LogP contribution in [-0.4, -0.2) is 89.2 Å². The first-order valence-corrected chi connectivity index (χ1v) is 10.0. The van der Waals surface area contributed by atoms with Crippen molar-refractivity contribution in [2.45, 2.75) is 25.9 Å². The maximum atomic E-state index is 12.7. The van der Waals surface area contributed by atoms with Crippen molar-refractivity contribution in [2.75, 3.05) is 39.8 Å². The predicted molar refractivity (Wildman–Crippen MR) is 112 cm³/mol. The number of aliphatic hydroxyl groups excluding tert-OH is 4. The fourth-order valence-corrected chi connectivity index (χ4v) is 2.73. The first-order valence-electron chi connectivity index (χ1n) is 10.0. The monoisotopic (exact) mass is 494 g/mol. The first kappa shape index (κ1) is 29.0. The molecule has 4 N–H and O–H groups in total. The van der Waals surface area contributed by atoms with Crippen molar-refractivity contribution in [1.82, 2.24) is 19.1 Å². The number of imidazole rings is 2. The minimum absolute atomic E-state index is 0.0910. The summed E-state index contributed by atoms with van der Waals surface area (Å²) in [5.74, 6) is -0.678. The molecule has 0 aliphatic carbocycles. The number of rotatable bonds is 14. The van der Waals surface area contributed by atoms with Crippen LogP contribution in [0.5, 0.6) is 0 Å². The molecule has 2 aromatic rings. The number of aliphatic hydroxyl groups is 4. The number of nitrogens with zero attached hydrogens (tertiary/aromatic N) is 6. The molecule has 0 unspecified atom stereocenters. The van der Waals surface area contributed by atoms with Gasteiger partial charge in [-0.3, -0.25) is 8.78 Å². The van der Waals surface area contributed by atoms with Gasteiger partial charge in [-0.05, 0) is 22.7 Å². The summed E-state index contributed by atoms with van der Waals surface area (Å²) < 4.78 is 27.9. The topological polar surface area (TPSA) is 203 Å². The van der Waals surface area contributed by atoms with Crippen LogP contribution in [0.3, 0.4) is 0 Å². The summed E-state index contributed by atoms with van der Waals surface area (Å²) in [5, 5.41) is 57.2. The Labute approximate surface area is 192 Å². The lowest BCUT2D eigenvalue weighted by Crippen LogP contribution is -2.33. The van der Waals surface area contributed by atoms with E-state index in [0.717, 1.165) is 0 Å². The maximum absolute atomic E-state index is 12.7. The van der Waals surface area contributed by atoms with E-state index in [-0.39, 0.29) is 37.8 Å². The Morgan fingerprint density at radius 1 is 0.765 bits per heavy atom. The molecule has 0 saturated carbocycles. The second-order valence-electron chi connectivity index (χ2n) is 7.76. The fourth-order valence-electron chi connectivity index (χ4n) is 2.73. The van der Waals surface area contributed by atoms with E-state index in [1.54, 1.807) is 0 Å². The highest BCUT2D eigenvalue weighted by atomic mass is 19.1. The molecule has 2 rings (SSSR count). The second-order valence-corrected chi connectivity index (χ2v) is 7.76. The first-order chi connectivity index (χ1) is 16.2. The highest BCUT2D eigenvalue weighted by Gasteiger charge is 2.31. The Kier molecular flexibility index (Phi) is 11.6. The third kappa shape index (κ3) is 7.47. The minimum atomic E-state index is -1.25. The predicted octanol–water partition coefficient (Wildman–Crippen LogP) is 0.244. The molecular formula is C18H28F2N6O8. The molecule has 34 heavy (non-hydrogen) atoms. The fraction of sp³-hybridized carbons (Fsp3) is 0.667. The van der Waals surface area contributed by atoms with Gasteiger partial charge in [0.15, 0.2) is 0 Å². The van der Waals surface area contributed by atoms with Gasteiger partial charge >= 0.3 is 11.9 Å². The molecule has 2 heterocycles. The van der Waals surface area contributed by atoms with Crippen LogP contribution in [0, 0.1) is 31.1 Å². The van der Waals surface area contributed by atoms with Crippen molar-refractivity contribution in [1.29, 1.82) is 0 Å². The molecule has 0 aliphatic rings. The van der Waals surface area contributed by atoms with Crippen LogP contribution >= 0.6 is 0 Å². The molecule has 0 amide bonds. The smallest absolute Gasteiger partial charge is 0.396 e. The van der Waals surface area contributed by atoms with Crippen LogP contribution < -0.4 is 0 Å². The zero-order chi connectivity index (χ0) is 25.8. The average molecular weight is 494 g/mol. The zero-order valence-corrected chi connectivity index (χ0v) is 18.2. The van der Waals surface area contributed by atoms with Crippen LogP contribution in [0.4, 0.5) is 20.7 Å². The minimum Gasteiger partial charge on any atom is -0.396 e. The van der Waals surface area contributed by atoms with Crippen LogP contribution in [0.2, 0.25) is 0 Å². The molecule has 0 aromatic carbocycles. The van der Waals surface area contributed by atoms with Crippen molar-refractivity contribution in [3.8, 4) is 0 Å². The molecule has 0 spiro atoms. The number of hydrogen-bond donors (Lipinski definition) is 4. The van der Waals surface area contributed by atoms with Crippen molar-refractivity contribution >= 4 is 11.9 Å². The second kappa shape index (κ2) is 13.6. The van der Waals surface area contributed by atoms with E-state index in [9.17, 15) is 29.0 Å². The van der Waals surface area contributed by atoms with Gasteiger partial charge in [0.2, 0.25) is 0 Å². The van der Waals surface area contributed by atoms with Gasteiger partial charge in [0, 0.05) is 10.8 Å². The van der Waals surface area contributed by atoms with Crippen LogP contribution in [0.1, 0.15) is 12.8 Å². The van der Waals surface area contributed by atoms with E-state index in [1.165, 1.54) is 33.9 Å². The molecule has 0 radical (unpaired) electrons. The molecule has 0 atom stereocenters. The van der Waals surface area contributed by atoms with Gasteiger partial charge in [-0.25, -0.2) is 9.13 Å². The largest absolute Gasteiger partial charge is 0.434 e. The van der Waals surface area contributed by atoms with Crippen molar-refractivity contribution in [2.24, 2.45) is 10.8 Å². The van der Waals surface area contributed by atoms with Gasteiger partial charge < -0.3 is 40.7 Å². The Morgan fingerprint density at radius 2 is 1.09 bits per heavy atom. The average Bonchev–Trinajstić information content (AvgIpc) is 3.52. The summed E-state index contributed by atoms with van der Waals surface area (Å²) in [6.45, 7) is -3.59. The highest BCUT2D eigenvalue weighted by Crippen LogP contribution is 2.24. The van der Waals surface area contributed by atoms with Crippen LogP contribution in [0.25, 0.3) is 0 Å². The molecule has 2 aromatic heterocycles. The molecular weight excluding hydrogens is 466 g/mol. The third-order valence-electron chi connectivity index (χ3n) is 5.39. The summed E-state index contributed by atoms with van der Waals surface area (Å²) >= 11 is 0. The van der Waals surface area contributed by atoms with Crippen molar-refractivity contribution in [3.05, 3.63) is 45.0 Å².